The second kappa shape index (κ2) is 8.97. The van der Waals surface area contributed by atoms with Crippen LogP contribution in [0.5, 0.6) is 0 Å². The maximum Gasteiger partial charge on any atom is 0.191 e. The monoisotopic (exact) mass is 401 g/mol. The van der Waals surface area contributed by atoms with Crippen LogP contribution >= 0.6 is 35.3 Å². The Kier molecular flexibility index (Phi) is 7.61. The predicted molar refractivity (Wildman–Crippen MR) is 100 cm³/mol. The van der Waals surface area contributed by atoms with Crippen LogP contribution in [-0.2, 0) is 6.54 Å². The second-order valence-electron chi connectivity index (χ2n) is 4.12. The highest BCUT2D eigenvalue weighted by atomic mass is 127. The lowest BCUT2D eigenvalue weighted by molar-refractivity contribution is 0.862. The Balaban J connectivity index is 0.00000200. The zero-order valence-electron chi connectivity index (χ0n) is 11.6. The molecule has 5 heteroatoms. The minimum absolute atomic E-state index is 0. The van der Waals surface area contributed by atoms with E-state index in [0.29, 0.717) is 6.54 Å². The summed E-state index contributed by atoms with van der Waals surface area (Å²) < 4.78 is 1.32. The smallest absolute Gasteiger partial charge is 0.191 e. The first-order valence-electron chi connectivity index (χ1n) is 6.43. The number of hydrogen-bond acceptors (Lipinski definition) is 2. The molecule has 0 amide bonds. The summed E-state index contributed by atoms with van der Waals surface area (Å²) in [7, 11) is 0. The van der Waals surface area contributed by atoms with Crippen molar-refractivity contribution in [2.24, 2.45) is 4.99 Å². The minimum atomic E-state index is 0. The fourth-order valence-electron chi connectivity index (χ4n) is 1.83. The van der Waals surface area contributed by atoms with Gasteiger partial charge in [0.25, 0.3) is 0 Å². The summed E-state index contributed by atoms with van der Waals surface area (Å²) in [5.41, 5.74) is 1.27. The van der Waals surface area contributed by atoms with E-state index < -0.39 is 0 Å². The third kappa shape index (κ3) is 4.49. The van der Waals surface area contributed by atoms with Gasteiger partial charge in [0.15, 0.2) is 5.96 Å². The van der Waals surface area contributed by atoms with E-state index >= 15 is 0 Å². The van der Waals surface area contributed by atoms with E-state index in [1.165, 1.54) is 15.6 Å². The Bertz CT molecular complexity index is 577. The highest BCUT2D eigenvalue weighted by molar-refractivity contribution is 14.0. The van der Waals surface area contributed by atoms with Crippen LogP contribution in [0.4, 0.5) is 0 Å². The van der Waals surface area contributed by atoms with Gasteiger partial charge in [-0.2, -0.15) is 0 Å². The van der Waals surface area contributed by atoms with Gasteiger partial charge in [-0.05, 0) is 29.3 Å². The number of halogens is 1. The lowest BCUT2D eigenvalue weighted by Gasteiger charge is -2.09. The number of aliphatic imine (C=N–C) groups is 1. The third-order valence-electron chi connectivity index (χ3n) is 2.73. The van der Waals surface area contributed by atoms with Crippen molar-refractivity contribution < 1.29 is 0 Å². The molecule has 2 aromatic rings. The highest BCUT2D eigenvalue weighted by Gasteiger charge is 2.03. The molecule has 2 N–H and O–H groups in total. The molecular weight excluding hydrogens is 381 g/mol. The lowest BCUT2D eigenvalue weighted by atomic mass is 10.2. The van der Waals surface area contributed by atoms with Gasteiger partial charge in [-0.1, -0.05) is 24.3 Å². The van der Waals surface area contributed by atoms with Crippen molar-refractivity contribution in [3.63, 3.8) is 0 Å². The number of hydrogen-bond donors (Lipinski definition) is 2. The summed E-state index contributed by atoms with van der Waals surface area (Å²) in [4.78, 5) is 4.60. The number of guanidine groups is 1. The summed E-state index contributed by atoms with van der Waals surface area (Å²) in [5.74, 6) is 0.831. The highest BCUT2D eigenvalue weighted by Crippen LogP contribution is 2.25. The van der Waals surface area contributed by atoms with Crippen LogP contribution in [0.15, 0.2) is 47.3 Å². The second-order valence-corrected chi connectivity index (χ2v) is 5.03. The minimum Gasteiger partial charge on any atom is -0.357 e. The molecule has 1 aromatic heterocycles. The Hall–Kier alpha value is -1.08. The molecule has 1 aromatic carbocycles. The van der Waals surface area contributed by atoms with Crippen LogP contribution in [-0.4, -0.2) is 19.0 Å². The van der Waals surface area contributed by atoms with Crippen molar-refractivity contribution in [2.45, 2.75) is 13.5 Å². The molecule has 0 atom stereocenters. The van der Waals surface area contributed by atoms with E-state index in [4.69, 9.17) is 0 Å². The van der Waals surface area contributed by atoms with E-state index in [-0.39, 0.29) is 24.0 Å². The number of benzene rings is 1. The fraction of sp³-hybridized carbons (Fsp3) is 0.267. The van der Waals surface area contributed by atoms with Gasteiger partial charge in [0.2, 0.25) is 0 Å². The normalized spacial score (nSPS) is 10.9. The van der Waals surface area contributed by atoms with Gasteiger partial charge in [-0.25, -0.2) is 4.99 Å². The van der Waals surface area contributed by atoms with Crippen LogP contribution in [0.25, 0.3) is 10.1 Å². The first-order chi connectivity index (χ1) is 9.35. The zero-order chi connectivity index (χ0) is 13.5. The molecule has 3 nitrogen and oxygen atoms in total. The van der Waals surface area contributed by atoms with Gasteiger partial charge in [0.05, 0.1) is 6.54 Å². The molecule has 0 aliphatic carbocycles. The van der Waals surface area contributed by atoms with Crippen molar-refractivity contribution in [2.75, 3.05) is 13.1 Å². The molecule has 2 rings (SSSR count). The summed E-state index contributed by atoms with van der Waals surface area (Å²) >= 11 is 1.77. The van der Waals surface area contributed by atoms with Gasteiger partial charge in [0.1, 0.15) is 0 Å². The van der Waals surface area contributed by atoms with Gasteiger partial charge in [-0.3, -0.25) is 0 Å². The van der Waals surface area contributed by atoms with Crippen molar-refractivity contribution in [3.05, 3.63) is 47.9 Å². The SMILES string of the molecule is C=CCNC(=NCc1csc2ccccc12)NCC.I. The van der Waals surface area contributed by atoms with E-state index in [2.05, 4.69) is 58.8 Å². The van der Waals surface area contributed by atoms with Gasteiger partial charge in [-0.15, -0.1) is 41.9 Å². The van der Waals surface area contributed by atoms with Crippen LogP contribution in [0.3, 0.4) is 0 Å². The molecule has 0 aliphatic heterocycles. The van der Waals surface area contributed by atoms with Crippen molar-refractivity contribution in [3.8, 4) is 0 Å². The quantitative estimate of drug-likeness (QED) is 0.347. The lowest BCUT2D eigenvalue weighted by Crippen LogP contribution is -2.37. The van der Waals surface area contributed by atoms with Crippen LogP contribution in [0.2, 0.25) is 0 Å². The number of thiophene rings is 1. The molecule has 0 unspecified atom stereocenters. The topological polar surface area (TPSA) is 36.4 Å². The molecule has 0 aliphatic rings. The summed E-state index contributed by atoms with van der Waals surface area (Å²) in [6.07, 6.45) is 1.83. The average molecular weight is 401 g/mol. The largest absolute Gasteiger partial charge is 0.357 e. The first kappa shape index (κ1) is 17.0. The maximum absolute atomic E-state index is 4.60. The molecule has 0 radical (unpaired) electrons. The van der Waals surface area contributed by atoms with E-state index in [9.17, 15) is 0 Å². The first-order valence-corrected chi connectivity index (χ1v) is 7.31. The van der Waals surface area contributed by atoms with Crippen LogP contribution in [0, 0.1) is 0 Å². The summed E-state index contributed by atoms with van der Waals surface area (Å²) in [6.45, 7) is 8.02. The summed E-state index contributed by atoms with van der Waals surface area (Å²) in [5, 5.41) is 9.91. The van der Waals surface area contributed by atoms with Crippen molar-refractivity contribution in [1.82, 2.24) is 10.6 Å². The van der Waals surface area contributed by atoms with E-state index in [0.717, 1.165) is 19.0 Å². The molecule has 0 fully saturated rings. The molecule has 0 saturated heterocycles. The fourth-order valence-corrected chi connectivity index (χ4v) is 2.78. The zero-order valence-corrected chi connectivity index (χ0v) is 14.7. The number of nitrogens with zero attached hydrogens (tertiary/aromatic N) is 1. The van der Waals surface area contributed by atoms with E-state index in [1.807, 2.05) is 6.08 Å². The van der Waals surface area contributed by atoms with Crippen molar-refractivity contribution >= 4 is 51.4 Å². The molecule has 0 bridgehead atoms. The number of rotatable bonds is 5. The number of fused-ring (bicyclic) bond motifs is 1. The molecule has 108 valence electrons. The predicted octanol–water partition coefficient (Wildman–Crippen LogP) is 3.76. The third-order valence-corrected chi connectivity index (χ3v) is 3.74. The molecule has 0 saturated carbocycles. The van der Waals surface area contributed by atoms with Gasteiger partial charge < -0.3 is 10.6 Å². The van der Waals surface area contributed by atoms with Crippen LogP contribution in [0.1, 0.15) is 12.5 Å². The maximum atomic E-state index is 4.60. The number of nitrogens with one attached hydrogen (secondary N) is 2. The summed E-state index contributed by atoms with van der Waals surface area (Å²) in [6, 6.07) is 8.44. The Morgan fingerprint density at radius 2 is 2.15 bits per heavy atom. The molecule has 0 spiro atoms. The standard InChI is InChI=1S/C15H19N3S.HI/c1-3-9-17-15(16-4-2)18-10-12-11-19-14-8-6-5-7-13(12)14;/h3,5-8,11H,1,4,9-10H2,2H3,(H2,16,17,18);1H. The van der Waals surface area contributed by atoms with Crippen LogP contribution < -0.4 is 10.6 Å². The van der Waals surface area contributed by atoms with Crippen molar-refractivity contribution in [1.29, 1.82) is 0 Å². The Morgan fingerprint density at radius 3 is 2.90 bits per heavy atom. The molecular formula is C15H20IN3S. The van der Waals surface area contributed by atoms with Gasteiger partial charge >= 0.3 is 0 Å². The average Bonchev–Trinajstić information content (AvgIpc) is 2.85. The van der Waals surface area contributed by atoms with E-state index in [1.54, 1.807) is 11.3 Å². The Morgan fingerprint density at radius 1 is 1.35 bits per heavy atom. The molecule has 20 heavy (non-hydrogen) atoms. The molecule has 1 heterocycles. The van der Waals surface area contributed by atoms with Gasteiger partial charge in [0, 0.05) is 17.8 Å². The Labute approximate surface area is 141 Å².